The van der Waals surface area contributed by atoms with Crippen LogP contribution in [0.15, 0.2) is 36.4 Å². The molecular formula is C20H25N5O3. The van der Waals surface area contributed by atoms with Gasteiger partial charge >= 0.3 is 0 Å². The molecule has 8 heteroatoms. The van der Waals surface area contributed by atoms with Gasteiger partial charge in [0.05, 0.1) is 19.2 Å². The first-order valence-corrected chi connectivity index (χ1v) is 9.44. The average Bonchev–Trinajstić information content (AvgIpc) is 3.15. The van der Waals surface area contributed by atoms with Crippen LogP contribution >= 0.6 is 0 Å². The van der Waals surface area contributed by atoms with Gasteiger partial charge in [-0.05, 0) is 31.0 Å². The van der Waals surface area contributed by atoms with Gasteiger partial charge in [-0.1, -0.05) is 26.0 Å². The number of fused-ring (bicyclic) bond motifs is 1. The summed E-state index contributed by atoms with van der Waals surface area (Å²) in [6.07, 6.45) is 1.67. The first kappa shape index (κ1) is 19.6. The zero-order chi connectivity index (χ0) is 19.9. The van der Waals surface area contributed by atoms with E-state index >= 15 is 0 Å². The highest BCUT2D eigenvalue weighted by molar-refractivity contribution is 5.78. The molecule has 0 fully saturated rings. The molecule has 3 rings (SSSR count). The van der Waals surface area contributed by atoms with Gasteiger partial charge in [-0.15, -0.1) is 15.3 Å². The molecule has 0 aliphatic heterocycles. The lowest BCUT2D eigenvalue weighted by molar-refractivity contribution is -0.125. The van der Waals surface area contributed by atoms with E-state index in [9.17, 15) is 4.79 Å². The summed E-state index contributed by atoms with van der Waals surface area (Å²) in [7, 11) is 1.61. The maximum Gasteiger partial charge on any atom is 0.231 e. The number of hydrogen-bond donors (Lipinski definition) is 1. The number of ether oxygens (including phenoxy) is 2. The third kappa shape index (κ3) is 4.21. The zero-order valence-corrected chi connectivity index (χ0v) is 16.4. The van der Waals surface area contributed by atoms with Crippen LogP contribution in [0.3, 0.4) is 0 Å². The number of para-hydroxylation sites is 1. The molecule has 148 valence electrons. The molecule has 0 bridgehead atoms. The number of nitrogens with zero attached hydrogens (tertiary/aromatic N) is 4. The van der Waals surface area contributed by atoms with Crippen molar-refractivity contribution in [1.82, 2.24) is 25.1 Å². The highest BCUT2D eigenvalue weighted by Gasteiger charge is 2.15. The van der Waals surface area contributed by atoms with E-state index in [2.05, 4.69) is 20.6 Å². The number of rotatable bonds is 9. The summed E-state index contributed by atoms with van der Waals surface area (Å²) in [4.78, 5) is 12.0. The predicted octanol–water partition coefficient (Wildman–Crippen LogP) is 2.73. The molecule has 0 aliphatic carbocycles. The summed E-state index contributed by atoms with van der Waals surface area (Å²) < 4.78 is 12.7. The van der Waals surface area contributed by atoms with E-state index < -0.39 is 0 Å². The quantitative estimate of drug-likeness (QED) is 0.572. The largest absolute Gasteiger partial charge is 0.496 e. The third-order valence-corrected chi connectivity index (χ3v) is 4.59. The molecule has 2 aromatic heterocycles. The number of carbonyl (C=O) groups excluding carboxylic acids is 1. The lowest BCUT2D eigenvalue weighted by atomic mass is 10.0. The van der Waals surface area contributed by atoms with Crippen molar-refractivity contribution in [2.75, 3.05) is 20.3 Å². The first-order valence-electron chi connectivity index (χ1n) is 9.44. The van der Waals surface area contributed by atoms with Crippen molar-refractivity contribution in [3.63, 3.8) is 0 Å². The van der Waals surface area contributed by atoms with Crippen molar-refractivity contribution >= 4 is 11.6 Å². The minimum absolute atomic E-state index is 0.0508. The van der Waals surface area contributed by atoms with Gasteiger partial charge in [0.25, 0.3) is 0 Å². The first-order chi connectivity index (χ1) is 13.7. The molecule has 1 aromatic carbocycles. The van der Waals surface area contributed by atoms with E-state index in [1.807, 2.05) is 38.1 Å². The van der Waals surface area contributed by atoms with Gasteiger partial charge in [-0.2, -0.15) is 4.52 Å². The topological polar surface area (TPSA) is 90.6 Å². The Kier molecular flexibility index (Phi) is 6.41. The van der Waals surface area contributed by atoms with Crippen molar-refractivity contribution in [2.24, 2.45) is 5.92 Å². The van der Waals surface area contributed by atoms with Gasteiger partial charge in [0.15, 0.2) is 11.5 Å². The molecular weight excluding hydrogens is 358 g/mol. The SMILES string of the molecule is CCC(CC)C(=O)NCCOc1ccc2nnc(-c3ccccc3OC)n2n1. The smallest absolute Gasteiger partial charge is 0.231 e. The van der Waals surface area contributed by atoms with Gasteiger partial charge in [-0.25, -0.2) is 0 Å². The number of aromatic nitrogens is 4. The summed E-state index contributed by atoms with van der Waals surface area (Å²) in [5.74, 6) is 1.80. The number of methoxy groups -OCH3 is 1. The van der Waals surface area contributed by atoms with Crippen molar-refractivity contribution < 1.29 is 14.3 Å². The van der Waals surface area contributed by atoms with E-state index in [0.717, 1.165) is 18.4 Å². The molecule has 0 saturated carbocycles. The Morgan fingerprint density at radius 2 is 1.93 bits per heavy atom. The molecule has 0 radical (unpaired) electrons. The molecule has 0 spiro atoms. The van der Waals surface area contributed by atoms with Gasteiger partial charge in [0.2, 0.25) is 11.8 Å². The fourth-order valence-corrected chi connectivity index (χ4v) is 2.98. The number of amides is 1. The minimum Gasteiger partial charge on any atom is -0.496 e. The van der Waals surface area contributed by atoms with E-state index in [-0.39, 0.29) is 11.8 Å². The lowest BCUT2D eigenvalue weighted by Crippen LogP contribution is -2.33. The maximum absolute atomic E-state index is 12.0. The van der Waals surface area contributed by atoms with Crippen molar-refractivity contribution in [2.45, 2.75) is 26.7 Å². The normalized spacial score (nSPS) is 11.0. The van der Waals surface area contributed by atoms with E-state index in [1.54, 1.807) is 23.8 Å². The molecule has 0 saturated heterocycles. The Morgan fingerprint density at radius 1 is 1.14 bits per heavy atom. The van der Waals surface area contributed by atoms with Crippen LogP contribution in [-0.2, 0) is 4.79 Å². The second-order valence-corrected chi connectivity index (χ2v) is 6.32. The van der Waals surface area contributed by atoms with E-state index in [4.69, 9.17) is 9.47 Å². The lowest BCUT2D eigenvalue weighted by Gasteiger charge is -2.13. The fourth-order valence-electron chi connectivity index (χ4n) is 2.98. The zero-order valence-electron chi connectivity index (χ0n) is 16.4. The van der Waals surface area contributed by atoms with Crippen LogP contribution in [0, 0.1) is 5.92 Å². The molecule has 2 heterocycles. The van der Waals surface area contributed by atoms with Gasteiger partial charge < -0.3 is 14.8 Å². The molecule has 28 heavy (non-hydrogen) atoms. The predicted molar refractivity (Wildman–Crippen MR) is 105 cm³/mol. The van der Waals surface area contributed by atoms with E-state index in [0.29, 0.717) is 36.3 Å². The molecule has 3 aromatic rings. The van der Waals surface area contributed by atoms with Crippen molar-refractivity contribution in [3.05, 3.63) is 36.4 Å². The Hall–Kier alpha value is -3.16. The number of carbonyl (C=O) groups is 1. The third-order valence-electron chi connectivity index (χ3n) is 4.59. The van der Waals surface area contributed by atoms with Gasteiger partial charge in [0.1, 0.15) is 12.4 Å². The standard InChI is InChI=1S/C20H25N5O3/c1-4-14(5-2)20(26)21-12-13-28-18-11-10-17-22-23-19(25(17)24-18)15-8-6-7-9-16(15)27-3/h6-11,14H,4-5,12-13H2,1-3H3,(H,21,26). The second kappa shape index (κ2) is 9.16. The molecule has 0 aliphatic rings. The van der Waals surface area contributed by atoms with Crippen LogP contribution in [-0.4, -0.2) is 46.0 Å². The van der Waals surface area contributed by atoms with Crippen LogP contribution in [0.2, 0.25) is 0 Å². The second-order valence-electron chi connectivity index (χ2n) is 6.32. The summed E-state index contributed by atoms with van der Waals surface area (Å²) >= 11 is 0. The molecule has 0 atom stereocenters. The Balaban J connectivity index is 1.70. The number of nitrogens with one attached hydrogen (secondary N) is 1. The van der Waals surface area contributed by atoms with Gasteiger partial charge in [-0.3, -0.25) is 4.79 Å². The van der Waals surface area contributed by atoms with Crippen LogP contribution in [0.1, 0.15) is 26.7 Å². The summed E-state index contributed by atoms with van der Waals surface area (Å²) in [6, 6.07) is 11.1. The number of hydrogen-bond acceptors (Lipinski definition) is 6. The minimum atomic E-state index is 0.0508. The molecule has 8 nitrogen and oxygen atoms in total. The molecule has 1 amide bonds. The van der Waals surface area contributed by atoms with Gasteiger partial charge in [0, 0.05) is 12.0 Å². The van der Waals surface area contributed by atoms with E-state index in [1.165, 1.54) is 0 Å². The molecule has 0 unspecified atom stereocenters. The van der Waals surface area contributed by atoms with Crippen LogP contribution in [0.5, 0.6) is 11.6 Å². The highest BCUT2D eigenvalue weighted by atomic mass is 16.5. The summed E-state index contributed by atoms with van der Waals surface area (Å²) in [6.45, 7) is 4.79. The monoisotopic (exact) mass is 383 g/mol. The summed E-state index contributed by atoms with van der Waals surface area (Å²) in [5, 5.41) is 15.8. The Labute approximate surface area is 163 Å². The Bertz CT molecular complexity index is 936. The highest BCUT2D eigenvalue weighted by Crippen LogP contribution is 2.28. The number of benzene rings is 1. The van der Waals surface area contributed by atoms with Crippen molar-refractivity contribution in [1.29, 1.82) is 0 Å². The summed E-state index contributed by atoms with van der Waals surface area (Å²) in [5.41, 5.74) is 1.40. The van der Waals surface area contributed by atoms with Crippen LogP contribution < -0.4 is 14.8 Å². The van der Waals surface area contributed by atoms with Crippen molar-refractivity contribution in [3.8, 4) is 23.0 Å². The fraction of sp³-hybridized carbons (Fsp3) is 0.400. The molecule has 1 N–H and O–H groups in total. The van der Waals surface area contributed by atoms with Crippen LogP contribution in [0.25, 0.3) is 17.0 Å². The van der Waals surface area contributed by atoms with Crippen LogP contribution in [0.4, 0.5) is 0 Å². The Morgan fingerprint density at radius 3 is 2.68 bits per heavy atom. The average molecular weight is 383 g/mol. The maximum atomic E-state index is 12.0.